The van der Waals surface area contributed by atoms with Crippen LogP contribution >= 0.6 is 0 Å². The molecule has 2 heterocycles. The van der Waals surface area contributed by atoms with Crippen molar-refractivity contribution in [3.05, 3.63) is 90.3 Å². The first-order valence-electron chi connectivity index (χ1n) is 9.43. The van der Waals surface area contributed by atoms with Crippen molar-refractivity contribution in [2.75, 3.05) is 10.6 Å². The largest absolute Gasteiger partial charge is 0.508 e. The van der Waals surface area contributed by atoms with Crippen molar-refractivity contribution in [2.24, 2.45) is 0 Å². The van der Waals surface area contributed by atoms with E-state index in [9.17, 15) is 15.0 Å². The Bertz CT molecular complexity index is 1200. The van der Waals surface area contributed by atoms with Crippen LogP contribution in [0.25, 0.3) is 11.3 Å². The minimum absolute atomic E-state index is 0.0789. The number of anilines is 2. The number of carbonyl (C=O) groups excluding carboxylic acids is 1. The first-order chi connectivity index (χ1) is 15.0. The summed E-state index contributed by atoms with van der Waals surface area (Å²) in [6.07, 6.45) is 3.33. The summed E-state index contributed by atoms with van der Waals surface area (Å²) in [7, 11) is 0. The normalized spacial score (nSPS) is 10.6. The molecular weight excluding hydrogens is 394 g/mol. The number of hydrogen-bond donors (Lipinski definition) is 3. The number of nitrogens with zero attached hydrogens (tertiary/aromatic N) is 4. The second-order valence-electron chi connectivity index (χ2n) is 6.84. The van der Waals surface area contributed by atoms with Crippen LogP contribution in [0.2, 0.25) is 0 Å². The van der Waals surface area contributed by atoms with Gasteiger partial charge in [-0.1, -0.05) is 18.2 Å². The molecule has 0 saturated carbocycles. The molecule has 2 aromatic carbocycles. The lowest BCUT2D eigenvalue weighted by atomic mass is 10.1. The Labute approximate surface area is 178 Å². The van der Waals surface area contributed by atoms with Crippen LogP contribution in [0, 0.1) is 0 Å². The second-order valence-corrected chi connectivity index (χ2v) is 6.84. The zero-order valence-corrected chi connectivity index (χ0v) is 16.4. The van der Waals surface area contributed by atoms with Gasteiger partial charge >= 0.3 is 0 Å². The molecule has 0 saturated heterocycles. The monoisotopic (exact) mass is 413 g/mol. The minimum atomic E-state index is -0.415. The Kier molecular flexibility index (Phi) is 5.44. The van der Waals surface area contributed by atoms with E-state index in [1.165, 1.54) is 17.0 Å². The van der Waals surface area contributed by atoms with Gasteiger partial charge in [0.2, 0.25) is 0 Å². The van der Waals surface area contributed by atoms with Crippen LogP contribution in [0.5, 0.6) is 11.5 Å². The van der Waals surface area contributed by atoms with Crippen LogP contribution in [-0.4, -0.2) is 31.3 Å². The minimum Gasteiger partial charge on any atom is -0.508 e. The van der Waals surface area contributed by atoms with Crippen molar-refractivity contribution in [3.8, 4) is 22.8 Å². The molecule has 0 unspecified atom stereocenters. The number of rotatable bonds is 5. The van der Waals surface area contributed by atoms with Gasteiger partial charge in [-0.3, -0.25) is 9.78 Å². The number of carbonyl (C=O) groups is 1. The molecule has 4 rings (SSSR count). The number of amides is 1. The molecule has 0 radical (unpaired) electrons. The Hall–Kier alpha value is -4.46. The number of hydrogen-bond acceptors (Lipinski definition) is 7. The Balaban J connectivity index is 1.69. The number of nitrogen functional groups attached to an aromatic ring is 1. The molecule has 0 aliphatic rings. The van der Waals surface area contributed by atoms with Crippen molar-refractivity contribution in [3.63, 3.8) is 0 Å². The van der Waals surface area contributed by atoms with Crippen molar-refractivity contribution in [2.45, 2.75) is 6.54 Å². The fourth-order valence-electron chi connectivity index (χ4n) is 3.11. The quantitative estimate of drug-likeness (QED) is 0.458. The molecule has 0 bridgehead atoms. The van der Waals surface area contributed by atoms with Gasteiger partial charge in [0, 0.05) is 29.7 Å². The highest BCUT2D eigenvalue weighted by atomic mass is 16.3. The number of pyridine rings is 1. The zero-order chi connectivity index (χ0) is 21.8. The standard InChI is InChI=1S/C23H19N5O3/c24-22-10-9-20(26-27-22)16-3-5-17(6-4-16)28(14-15-2-1-11-25-13-15)23(31)19-8-7-18(29)12-21(19)30/h1-13,29-30H,14H2,(H2,24,27). The van der Waals surface area contributed by atoms with Gasteiger partial charge in [-0.25, -0.2) is 0 Å². The maximum atomic E-state index is 13.3. The van der Waals surface area contributed by atoms with Gasteiger partial charge < -0.3 is 20.8 Å². The topological polar surface area (TPSA) is 125 Å². The van der Waals surface area contributed by atoms with E-state index in [1.54, 1.807) is 42.7 Å². The summed E-state index contributed by atoms with van der Waals surface area (Å²) in [4.78, 5) is 18.9. The van der Waals surface area contributed by atoms with E-state index in [0.29, 0.717) is 17.2 Å². The lowest BCUT2D eigenvalue weighted by Gasteiger charge is -2.24. The highest BCUT2D eigenvalue weighted by molar-refractivity contribution is 6.08. The fraction of sp³-hybridized carbons (Fsp3) is 0.0435. The van der Waals surface area contributed by atoms with Gasteiger partial charge in [-0.15, -0.1) is 10.2 Å². The van der Waals surface area contributed by atoms with Crippen LogP contribution in [0.1, 0.15) is 15.9 Å². The number of aromatic nitrogens is 3. The van der Waals surface area contributed by atoms with Gasteiger partial charge in [0.25, 0.3) is 5.91 Å². The number of aromatic hydroxyl groups is 2. The molecule has 4 aromatic rings. The third-order valence-electron chi connectivity index (χ3n) is 4.68. The van der Waals surface area contributed by atoms with Crippen molar-refractivity contribution in [1.29, 1.82) is 0 Å². The van der Waals surface area contributed by atoms with Gasteiger partial charge in [-0.05, 0) is 48.0 Å². The van der Waals surface area contributed by atoms with E-state index in [-0.39, 0.29) is 23.6 Å². The molecule has 0 aliphatic carbocycles. The van der Waals surface area contributed by atoms with Gasteiger partial charge in [0.05, 0.1) is 17.8 Å². The summed E-state index contributed by atoms with van der Waals surface area (Å²) >= 11 is 0. The third kappa shape index (κ3) is 4.43. The Morgan fingerprint density at radius 3 is 2.42 bits per heavy atom. The van der Waals surface area contributed by atoms with E-state index in [4.69, 9.17) is 5.73 Å². The highest BCUT2D eigenvalue weighted by Crippen LogP contribution is 2.28. The first-order valence-corrected chi connectivity index (χ1v) is 9.43. The molecule has 1 amide bonds. The first kappa shape index (κ1) is 19.8. The van der Waals surface area contributed by atoms with Crippen LogP contribution in [0.15, 0.2) is 79.1 Å². The van der Waals surface area contributed by atoms with Crippen molar-refractivity contribution < 1.29 is 15.0 Å². The second kappa shape index (κ2) is 8.50. The van der Waals surface area contributed by atoms with Crippen molar-refractivity contribution in [1.82, 2.24) is 15.2 Å². The van der Waals surface area contributed by atoms with Gasteiger partial charge in [-0.2, -0.15) is 0 Å². The van der Waals surface area contributed by atoms with Crippen LogP contribution in [0.4, 0.5) is 11.5 Å². The highest BCUT2D eigenvalue weighted by Gasteiger charge is 2.21. The molecular formula is C23H19N5O3. The summed E-state index contributed by atoms with van der Waals surface area (Å²) in [6.45, 7) is 0.244. The Morgan fingerprint density at radius 1 is 0.968 bits per heavy atom. The Morgan fingerprint density at radius 2 is 1.77 bits per heavy atom. The lowest BCUT2D eigenvalue weighted by Crippen LogP contribution is -2.30. The van der Waals surface area contributed by atoms with E-state index in [1.807, 2.05) is 18.2 Å². The van der Waals surface area contributed by atoms with Crippen molar-refractivity contribution >= 4 is 17.4 Å². The molecule has 0 spiro atoms. The lowest BCUT2D eigenvalue weighted by molar-refractivity contribution is 0.0982. The van der Waals surface area contributed by atoms with Crippen LogP contribution < -0.4 is 10.6 Å². The molecule has 8 heteroatoms. The number of phenols is 2. The van der Waals surface area contributed by atoms with E-state index in [2.05, 4.69) is 15.2 Å². The fourth-order valence-corrected chi connectivity index (χ4v) is 3.11. The summed E-state index contributed by atoms with van der Waals surface area (Å²) in [5.41, 5.74) is 8.58. The predicted octanol–water partition coefficient (Wildman–Crippen LogP) is 3.38. The average Bonchev–Trinajstić information content (AvgIpc) is 2.78. The molecule has 31 heavy (non-hydrogen) atoms. The number of benzene rings is 2. The van der Waals surface area contributed by atoms with Gasteiger partial charge in [0.15, 0.2) is 0 Å². The summed E-state index contributed by atoms with van der Waals surface area (Å²) in [5, 5.41) is 27.7. The molecule has 2 aromatic heterocycles. The molecule has 0 aliphatic heterocycles. The molecule has 154 valence electrons. The maximum Gasteiger partial charge on any atom is 0.262 e. The molecule has 4 N–H and O–H groups in total. The van der Waals surface area contributed by atoms with Gasteiger partial charge in [0.1, 0.15) is 17.3 Å². The summed E-state index contributed by atoms with van der Waals surface area (Å²) in [5.74, 6) is -0.500. The van der Waals surface area contributed by atoms with E-state index in [0.717, 1.165) is 17.2 Å². The molecule has 0 fully saturated rings. The SMILES string of the molecule is Nc1ccc(-c2ccc(N(Cc3cccnc3)C(=O)c3ccc(O)cc3O)cc2)nn1. The summed E-state index contributed by atoms with van der Waals surface area (Å²) in [6, 6.07) is 18.2. The zero-order valence-electron chi connectivity index (χ0n) is 16.4. The van der Waals surface area contributed by atoms with E-state index >= 15 is 0 Å². The number of nitrogens with two attached hydrogens (primary N) is 1. The average molecular weight is 413 g/mol. The van der Waals surface area contributed by atoms with Crippen LogP contribution in [-0.2, 0) is 6.54 Å². The van der Waals surface area contributed by atoms with E-state index < -0.39 is 5.91 Å². The maximum absolute atomic E-state index is 13.3. The smallest absolute Gasteiger partial charge is 0.262 e. The molecule has 8 nitrogen and oxygen atoms in total. The van der Waals surface area contributed by atoms with Crippen LogP contribution in [0.3, 0.4) is 0 Å². The third-order valence-corrected chi connectivity index (χ3v) is 4.68. The molecule has 0 atom stereocenters. The number of phenolic OH excluding ortho intramolecular Hbond substituents is 2. The summed E-state index contributed by atoms with van der Waals surface area (Å²) < 4.78 is 0. The predicted molar refractivity (Wildman–Crippen MR) is 116 cm³/mol.